The average molecular weight is 281 g/mol. The van der Waals surface area contributed by atoms with Gasteiger partial charge in [-0.2, -0.15) is 0 Å². The minimum atomic E-state index is -0.938. The van der Waals surface area contributed by atoms with Gasteiger partial charge in [0.25, 0.3) is 5.69 Å². The highest BCUT2D eigenvalue weighted by Crippen LogP contribution is 2.25. The maximum absolute atomic E-state index is 11.0. The van der Waals surface area contributed by atoms with Crippen molar-refractivity contribution < 1.29 is 19.6 Å². The van der Waals surface area contributed by atoms with E-state index < -0.39 is 10.9 Å². The first kappa shape index (κ1) is 14.2. The Balaban J connectivity index is 2.30. The van der Waals surface area contributed by atoms with Gasteiger partial charge in [0, 0.05) is 18.3 Å². The predicted molar refractivity (Wildman–Crippen MR) is 69.8 cm³/mol. The molecule has 2 rings (SSSR count). The second kappa shape index (κ2) is 5.83. The average Bonchev–Trinajstić information content (AvgIpc) is 2.39. The molecule has 1 aromatic rings. The number of morpholine rings is 1. The van der Waals surface area contributed by atoms with Gasteiger partial charge in [-0.15, -0.1) is 0 Å². The number of aromatic nitrogens is 1. The molecular formula is C12H15N3O5. The van der Waals surface area contributed by atoms with Crippen molar-refractivity contribution in [3.05, 3.63) is 27.9 Å². The number of nitro groups is 1. The topological polar surface area (TPSA) is 106 Å². The first-order valence-electron chi connectivity index (χ1n) is 6.16. The van der Waals surface area contributed by atoms with Crippen LogP contribution in [0.15, 0.2) is 12.3 Å². The number of hydrogen-bond acceptors (Lipinski definition) is 6. The van der Waals surface area contributed by atoms with Gasteiger partial charge >= 0.3 is 5.97 Å². The van der Waals surface area contributed by atoms with Crippen molar-refractivity contribution in [2.75, 3.05) is 24.7 Å². The predicted octanol–water partition coefficient (Wildman–Crippen LogP) is 0.978. The van der Waals surface area contributed by atoms with E-state index in [1.54, 1.807) is 11.8 Å². The minimum absolute atomic E-state index is 0.0180. The molecule has 0 amide bonds. The summed E-state index contributed by atoms with van der Waals surface area (Å²) in [6.07, 6.45) is 1.34. The largest absolute Gasteiger partial charge is 0.481 e. The Morgan fingerprint density at radius 3 is 3.10 bits per heavy atom. The zero-order chi connectivity index (χ0) is 14.7. The third-order valence-corrected chi connectivity index (χ3v) is 3.19. The highest BCUT2D eigenvalue weighted by atomic mass is 16.6. The van der Waals surface area contributed by atoms with Gasteiger partial charge in [-0.3, -0.25) is 14.9 Å². The van der Waals surface area contributed by atoms with E-state index in [2.05, 4.69) is 4.98 Å². The molecule has 0 aliphatic carbocycles. The molecule has 1 saturated heterocycles. The first-order chi connectivity index (χ1) is 9.49. The number of carbonyl (C=O) groups is 1. The summed E-state index contributed by atoms with van der Waals surface area (Å²) < 4.78 is 5.27. The normalized spacial score (nSPS) is 18.9. The van der Waals surface area contributed by atoms with Crippen LogP contribution in [0.5, 0.6) is 0 Å². The molecule has 8 heteroatoms. The van der Waals surface area contributed by atoms with Crippen LogP contribution in [-0.4, -0.2) is 46.8 Å². The van der Waals surface area contributed by atoms with Gasteiger partial charge in [0.15, 0.2) is 0 Å². The molecule has 20 heavy (non-hydrogen) atoms. The van der Waals surface area contributed by atoms with E-state index in [9.17, 15) is 14.9 Å². The van der Waals surface area contributed by atoms with Crippen LogP contribution in [0.2, 0.25) is 0 Å². The SMILES string of the molecule is Cc1cnc(N2CCOCC2CC(=O)O)cc1[N+](=O)[O-]. The molecule has 0 saturated carbocycles. The first-order valence-corrected chi connectivity index (χ1v) is 6.16. The zero-order valence-corrected chi connectivity index (χ0v) is 11.0. The number of carboxylic acid groups (broad SMARTS) is 1. The Morgan fingerprint density at radius 1 is 1.70 bits per heavy atom. The summed E-state index contributed by atoms with van der Waals surface area (Å²) in [6.45, 7) is 2.79. The number of carboxylic acids is 1. The molecule has 108 valence electrons. The fourth-order valence-electron chi connectivity index (χ4n) is 2.18. The molecule has 1 atom stereocenters. The van der Waals surface area contributed by atoms with E-state index >= 15 is 0 Å². The molecule has 1 aliphatic heterocycles. The lowest BCUT2D eigenvalue weighted by molar-refractivity contribution is -0.385. The summed E-state index contributed by atoms with van der Waals surface area (Å²) in [4.78, 5) is 27.3. The maximum atomic E-state index is 11.0. The van der Waals surface area contributed by atoms with Gasteiger partial charge in [-0.1, -0.05) is 0 Å². The van der Waals surface area contributed by atoms with Crippen LogP contribution in [0, 0.1) is 17.0 Å². The Hall–Kier alpha value is -2.22. The third kappa shape index (κ3) is 3.02. The molecule has 2 heterocycles. The smallest absolute Gasteiger partial charge is 0.305 e. The van der Waals surface area contributed by atoms with Crippen LogP contribution in [0.1, 0.15) is 12.0 Å². The minimum Gasteiger partial charge on any atom is -0.481 e. The van der Waals surface area contributed by atoms with Crippen LogP contribution in [0.25, 0.3) is 0 Å². The molecule has 8 nitrogen and oxygen atoms in total. The van der Waals surface area contributed by atoms with E-state index in [1.165, 1.54) is 12.3 Å². The third-order valence-electron chi connectivity index (χ3n) is 3.19. The summed E-state index contributed by atoms with van der Waals surface area (Å²) in [6, 6.07) is 1.02. The van der Waals surface area contributed by atoms with Gasteiger partial charge < -0.3 is 14.7 Å². The number of nitrogens with zero attached hydrogens (tertiary/aromatic N) is 3. The zero-order valence-electron chi connectivity index (χ0n) is 11.0. The number of pyridine rings is 1. The van der Waals surface area contributed by atoms with Crippen molar-refractivity contribution in [1.29, 1.82) is 0 Å². The molecule has 0 spiro atoms. The van der Waals surface area contributed by atoms with Crippen LogP contribution in [0.3, 0.4) is 0 Å². The van der Waals surface area contributed by atoms with Crippen molar-refractivity contribution >= 4 is 17.5 Å². The van der Waals surface area contributed by atoms with E-state index in [-0.39, 0.29) is 24.8 Å². The Bertz CT molecular complexity index is 534. The summed E-state index contributed by atoms with van der Waals surface area (Å²) in [5, 5.41) is 19.9. The monoisotopic (exact) mass is 281 g/mol. The van der Waals surface area contributed by atoms with Gasteiger partial charge in [0.05, 0.1) is 36.7 Å². The molecule has 0 bridgehead atoms. The Morgan fingerprint density at radius 2 is 2.45 bits per heavy atom. The van der Waals surface area contributed by atoms with Crippen molar-refractivity contribution in [1.82, 2.24) is 4.98 Å². The summed E-state index contributed by atoms with van der Waals surface area (Å²) >= 11 is 0. The second-order valence-electron chi connectivity index (χ2n) is 4.61. The lowest BCUT2D eigenvalue weighted by Gasteiger charge is -2.35. The second-order valence-corrected chi connectivity index (χ2v) is 4.61. The van der Waals surface area contributed by atoms with Crippen LogP contribution in [0.4, 0.5) is 11.5 Å². The van der Waals surface area contributed by atoms with Gasteiger partial charge in [-0.05, 0) is 6.92 Å². The lowest BCUT2D eigenvalue weighted by Crippen LogP contribution is -2.47. The highest BCUT2D eigenvalue weighted by molar-refractivity contribution is 5.68. The van der Waals surface area contributed by atoms with Crippen molar-refractivity contribution in [2.45, 2.75) is 19.4 Å². The van der Waals surface area contributed by atoms with Gasteiger partial charge in [0.2, 0.25) is 0 Å². The van der Waals surface area contributed by atoms with Crippen molar-refractivity contribution in [3.8, 4) is 0 Å². The maximum Gasteiger partial charge on any atom is 0.305 e. The molecular weight excluding hydrogens is 266 g/mol. The molecule has 0 aromatic carbocycles. The van der Waals surface area contributed by atoms with Crippen molar-refractivity contribution in [2.24, 2.45) is 0 Å². The van der Waals surface area contributed by atoms with Crippen LogP contribution < -0.4 is 4.90 Å². The number of rotatable bonds is 4. The quantitative estimate of drug-likeness (QED) is 0.647. The van der Waals surface area contributed by atoms with Gasteiger partial charge in [0.1, 0.15) is 5.82 Å². The number of aryl methyl sites for hydroxylation is 1. The summed E-state index contributed by atoms with van der Waals surface area (Å²) in [7, 11) is 0. The fourth-order valence-corrected chi connectivity index (χ4v) is 2.18. The van der Waals surface area contributed by atoms with E-state index in [0.29, 0.717) is 24.5 Å². The fraction of sp³-hybridized carbons (Fsp3) is 0.500. The molecule has 1 unspecified atom stereocenters. The Kier molecular flexibility index (Phi) is 4.14. The molecule has 1 fully saturated rings. The van der Waals surface area contributed by atoms with E-state index in [1.807, 2.05) is 0 Å². The molecule has 1 N–H and O–H groups in total. The summed E-state index contributed by atoms with van der Waals surface area (Å²) in [5.41, 5.74) is 0.456. The highest BCUT2D eigenvalue weighted by Gasteiger charge is 2.27. The number of aliphatic carboxylic acids is 1. The number of ether oxygens (including phenoxy) is 1. The van der Waals surface area contributed by atoms with Gasteiger partial charge in [-0.25, -0.2) is 4.98 Å². The lowest BCUT2D eigenvalue weighted by atomic mass is 10.1. The van der Waals surface area contributed by atoms with E-state index in [0.717, 1.165) is 0 Å². The van der Waals surface area contributed by atoms with Crippen molar-refractivity contribution in [3.63, 3.8) is 0 Å². The Labute approximate surface area is 115 Å². The number of anilines is 1. The number of hydrogen-bond donors (Lipinski definition) is 1. The summed E-state index contributed by atoms with van der Waals surface area (Å²) in [5.74, 6) is -0.524. The molecule has 1 aromatic heterocycles. The standard InChI is InChI=1S/C12H15N3O5/c1-8-6-13-11(5-10(8)15(18)19)14-2-3-20-7-9(14)4-12(16)17/h5-6,9H,2-4,7H2,1H3,(H,16,17). The van der Waals surface area contributed by atoms with E-state index in [4.69, 9.17) is 9.84 Å². The molecule has 1 aliphatic rings. The van der Waals surface area contributed by atoms with Crippen LogP contribution >= 0.6 is 0 Å². The molecule has 0 radical (unpaired) electrons. The van der Waals surface area contributed by atoms with Crippen LogP contribution in [-0.2, 0) is 9.53 Å².